The maximum Gasteiger partial charge on any atom is 0.317 e. The van der Waals surface area contributed by atoms with Gasteiger partial charge in [0.2, 0.25) is 0 Å². The number of aromatic amines is 1. The first kappa shape index (κ1) is 18.1. The molecule has 10 nitrogen and oxygen atoms in total. The molecule has 1 atom stereocenters. The second kappa shape index (κ2) is 7.28. The zero-order chi connectivity index (χ0) is 18.7. The van der Waals surface area contributed by atoms with Crippen LogP contribution in [0.5, 0.6) is 0 Å². The molecule has 0 radical (unpaired) electrons. The molecule has 1 aliphatic heterocycles. The number of nitrogens with one attached hydrogen (secondary N) is 3. The zero-order valence-corrected chi connectivity index (χ0v) is 15.4. The Kier molecular flexibility index (Phi) is 5.07. The molecule has 140 valence electrons. The van der Waals surface area contributed by atoms with Crippen LogP contribution in [-0.4, -0.2) is 52.6 Å². The van der Waals surface area contributed by atoms with E-state index in [2.05, 4.69) is 30.7 Å². The highest BCUT2D eigenvalue weighted by Crippen LogP contribution is 2.23. The number of carbonyl (C=O) groups excluding carboxylic acids is 1. The van der Waals surface area contributed by atoms with Crippen LogP contribution in [0.4, 0.5) is 10.7 Å². The molecule has 26 heavy (non-hydrogen) atoms. The first-order chi connectivity index (χ1) is 12.4. The second-order valence-corrected chi connectivity index (χ2v) is 7.88. The van der Waals surface area contributed by atoms with Gasteiger partial charge in [-0.25, -0.2) is 17.9 Å². The monoisotopic (exact) mass is 379 g/mol. The van der Waals surface area contributed by atoms with Crippen molar-refractivity contribution in [3.05, 3.63) is 29.3 Å². The highest BCUT2D eigenvalue weighted by atomic mass is 32.2. The molecule has 2 amide bonds. The van der Waals surface area contributed by atoms with Gasteiger partial charge in [-0.05, 0) is 48.2 Å². The Balaban J connectivity index is 1.78. The number of hydrogen-bond donors (Lipinski definition) is 3. The van der Waals surface area contributed by atoms with Crippen LogP contribution in [0.1, 0.15) is 31.4 Å². The second-order valence-electron chi connectivity index (χ2n) is 6.20. The predicted octanol–water partition coefficient (Wildman–Crippen LogP) is 0.867. The lowest BCUT2D eigenvalue weighted by atomic mass is 10.0. The van der Waals surface area contributed by atoms with Gasteiger partial charge in [0.25, 0.3) is 16.0 Å². The number of tetrazole rings is 1. The Bertz CT molecular complexity index is 883. The van der Waals surface area contributed by atoms with Gasteiger partial charge in [0, 0.05) is 19.1 Å². The number of aromatic nitrogens is 4. The smallest absolute Gasteiger partial charge is 0.317 e. The van der Waals surface area contributed by atoms with Crippen molar-refractivity contribution in [3.8, 4) is 0 Å². The van der Waals surface area contributed by atoms with Crippen molar-refractivity contribution in [1.29, 1.82) is 0 Å². The summed E-state index contributed by atoms with van der Waals surface area (Å²) in [5.74, 6) is -0.128. The summed E-state index contributed by atoms with van der Waals surface area (Å²) >= 11 is 0. The topological polar surface area (TPSA) is 133 Å². The van der Waals surface area contributed by atoms with Crippen molar-refractivity contribution in [2.24, 2.45) is 0 Å². The van der Waals surface area contributed by atoms with Crippen molar-refractivity contribution in [3.63, 3.8) is 0 Å². The SMILES string of the molecule is CC[C@@H](C)NC(=O)N1CCc2ccc(S(=O)(=O)Nc3nn[nH]n3)cc2C1. The van der Waals surface area contributed by atoms with E-state index in [4.69, 9.17) is 0 Å². The lowest BCUT2D eigenvalue weighted by molar-refractivity contribution is 0.188. The summed E-state index contributed by atoms with van der Waals surface area (Å²) in [6.07, 6.45) is 1.53. The lowest BCUT2D eigenvalue weighted by Crippen LogP contribution is -2.45. The van der Waals surface area contributed by atoms with Crippen molar-refractivity contribution >= 4 is 22.0 Å². The zero-order valence-electron chi connectivity index (χ0n) is 14.6. The summed E-state index contributed by atoms with van der Waals surface area (Å²) < 4.78 is 27.2. The van der Waals surface area contributed by atoms with Crippen LogP contribution < -0.4 is 10.0 Å². The number of sulfonamides is 1. The molecule has 1 aromatic carbocycles. The van der Waals surface area contributed by atoms with Crippen LogP contribution in [0, 0.1) is 0 Å². The minimum atomic E-state index is -3.83. The average Bonchev–Trinajstić information content (AvgIpc) is 3.12. The Morgan fingerprint density at radius 1 is 1.38 bits per heavy atom. The number of hydrogen-bond acceptors (Lipinski definition) is 6. The fourth-order valence-corrected chi connectivity index (χ4v) is 3.65. The van der Waals surface area contributed by atoms with E-state index in [-0.39, 0.29) is 22.9 Å². The molecule has 11 heteroatoms. The molecule has 0 bridgehead atoms. The first-order valence-corrected chi connectivity index (χ1v) is 9.81. The van der Waals surface area contributed by atoms with E-state index in [1.165, 1.54) is 6.07 Å². The molecular weight excluding hydrogens is 358 g/mol. The molecule has 0 spiro atoms. The minimum absolute atomic E-state index is 0.0882. The minimum Gasteiger partial charge on any atom is -0.336 e. The number of urea groups is 1. The fraction of sp³-hybridized carbons (Fsp3) is 0.467. The molecule has 0 fully saturated rings. The molecule has 1 aromatic heterocycles. The maximum atomic E-state index is 12.5. The number of anilines is 1. The summed E-state index contributed by atoms with van der Waals surface area (Å²) in [5, 5.41) is 15.6. The number of H-pyrrole nitrogens is 1. The van der Waals surface area contributed by atoms with Crippen LogP contribution >= 0.6 is 0 Å². The molecule has 0 unspecified atom stereocenters. The van der Waals surface area contributed by atoms with Gasteiger partial charge in [-0.1, -0.05) is 18.1 Å². The van der Waals surface area contributed by atoms with Crippen molar-refractivity contribution < 1.29 is 13.2 Å². The molecule has 2 heterocycles. The van der Waals surface area contributed by atoms with Crippen molar-refractivity contribution in [1.82, 2.24) is 30.8 Å². The molecule has 1 aliphatic rings. The normalized spacial score (nSPS) is 15.2. The quantitative estimate of drug-likeness (QED) is 0.706. The van der Waals surface area contributed by atoms with E-state index >= 15 is 0 Å². The predicted molar refractivity (Wildman–Crippen MR) is 93.8 cm³/mol. The van der Waals surface area contributed by atoms with Crippen molar-refractivity contribution in [2.45, 2.75) is 44.2 Å². The number of fused-ring (bicyclic) bond motifs is 1. The fourth-order valence-electron chi connectivity index (χ4n) is 2.66. The van der Waals surface area contributed by atoms with Crippen LogP contribution in [0.3, 0.4) is 0 Å². The van der Waals surface area contributed by atoms with Gasteiger partial charge in [-0.3, -0.25) is 0 Å². The van der Waals surface area contributed by atoms with Gasteiger partial charge in [-0.15, -0.1) is 5.10 Å². The summed E-state index contributed by atoms with van der Waals surface area (Å²) in [7, 11) is -3.83. The van der Waals surface area contributed by atoms with Crippen LogP contribution in [-0.2, 0) is 23.0 Å². The Morgan fingerprint density at radius 3 is 2.88 bits per heavy atom. The molecular formula is C15H21N7O3S. The maximum absolute atomic E-state index is 12.5. The van der Waals surface area contributed by atoms with E-state index in [9.17, 15) is 13.2 Å². The molecule has 3 rings (SSSR count). The summed E-state index contributed by atoms with van der Waals surface area (Å²) in [5.41, 5.74) is 1.85. The Labute approximate surface area is 151 Å². The van der Waals surface area contributed by atoms with Gasteiger partial charge < -0.3 is 10.2 Å². The molecule has 3 N–H and O–H groups in total. The van der Waals surface area contributed by atoms with Gasteiger partial charge in [0.05, 0.1) is 4.90 Å². The summed E-state index contributed by atoms with van der Waals surface area (Å²) in [6.45, 7) is 4.92. The van der Waals surface area contributed by atoms with Gasteiger partial charge in [0.1, 0.15) is 0 Å². The van der Waals surface area contributed by atoms with Gasteiger partial charge in [0.15, 0.2) is 0 Å². The van der Waals surface area contributed by atoms with Crippen LogP contribution in [0.25, 0.3) is 0 Å². The summed E-state index contributed by atoms with van der Waals surface area (Å²) in [6, 6.07) is 4.86. The molecule has 0 saturated heterocycles. The average molecular weight is 379 g/mol. The number of nitrogens with zero attached hydrogens (tertiary/aromatic N) is 4. The van der Waals surface area contributed by atoms with Gasteiger partial charge >= 0.3 is 6.03 Å². The Morgan fingerprint density at radius 2 is 2.19 bits per heavy atom. The van der Waals surface area contributed by atoms with Crippen molar-refractivity contribution in [2.75, 3.05) is 11.3 Å². The number of benzene rings is 1. The molecule has 0 saturated carbocycles. The number of carbonyl (C=O) groups is 1. The molecule has 2 aromatic rings. The highest BCUT2D eigenvalue weighted by Gasteiger charge is 2.24. The standard InChI is InChI=1S/C15H21N7O3S/c1-3-10(2)16-15(23)22-7-6-11-4-5-13(8-12(11)9-22)26(24,25)19-14-17-20-21-18-14/h4-5,8,10H,3,6-7,9H2,1-2H3,(H,16,23)(H2,17,18,19,20,21)/t10-/m1/s1. The Hall–Kier alpha value is -2.69. The summed E-state index contributed by atoms with van der Waals surface area (Å²) in [4.78, 5) is 14.1. The third-order valence-electron chi connectivity index (χ3n) is 4.34. The van der Waals surface area contributed by atoms with E-state index < -0.39 is 10.0 Å². The largest absolute Gasteiger partial charge is 0.336 e. The molecule has 0 aliphatic carbocycles. The van der Waals surface area contributed by atoms with E-state index in [0.29, 0.717) is 19.5 Å². The van der Waals surface area contributed by atoms with E-state index in [0.717, 1.165) is 17.5 Å². The first-order valence-electron chi connectivity index (χ1n) is 8.32. The number of amides is 2. The lowest BCUT2D eigenvalue weighted by Gasteiger charge is -2.30. The number of rotatable bonds is 5. The highest BCUT2D eigenvalue weighted by molar-refractivity contribution is 7.92. The van der Waals surface area contributed by atoms with E-state index in [1.807, 2.05) is 13.8 Å². The third-order valence-corrected chi connectivity index (χ3v) is 5.67. The van der Waals surface area contributed by atoms with Crippen LogP contribution in [0.15, 0.2) is 23.1 Å². The third kappa shape index (κ3) is 3.93. The van der Waals surface area contributed by atoms with Gasteiger partial charge in [-0.2, -0.15) is 5.21 Å². The van der Waals surface area contributed by atoms with Crippen LogP contribution in [0.2, 0.25) is 0 Å². The van der Waals surface area contributed by atoms with E-state index in [1.54, 1.807) is 17.0 Å².